The largest absolute Gasteiger partial charge is 0.383 e. The van der Waals surface area contributed by atoms with Crippen molar-refractivity contribution in [2.45, 2.75) is 12.0 Å². The van der Waals surface area contributed by atoms with Crippen molar-refractivity contribution in [2.75, 3.05) is 19.6 Å². The second kappa shape index (κ2) is 5.27. The van der Waals surface area contributed by atoms with Crippen LogP contribution >= 0.6 is 0 Å². The van der Waals surface area contributed by atoms with Crippen LogP contribution in [0.5, 0.6) is 0 Å². The molecule has 19 heavy (non-hydrogen) atoms. The van der Waals surface area contributed by atoms with Gasteiger partial charge in [0.25, 0.3) is 0 Å². The number of rotatable bonds is 3. The molecule has 1 fully saturated rings. The first-order valence-electron chi connectivity index (χ1n) is 6.10. The lowest BCUT2D eigenvalue weighted by molar-refractivity contribution is -0.130. The van der Waals surface area contributed by atoms with Gasteiger partial charge in [0.05, 0.1) is 13.1 Å². The summed E-state index contributed by atoms with van der Waals surface area (Å²) >= 11 is 0. The molecular weight excluding hydrogens is 246 g/mol. The van der Waals surface area contributed by atoms with Gasteiger partial charge in [-0.05, 0) is 12.0 Å². The third-order valence-corrected chi connectivity index (χ3v) is 3.33. The molecule has 4 N–H and O–H groups in total. The average Bonchev–Trinajstić information content (AvgIpc) is 2.81. The lowest BCUT2D eigenvalue weighted by Crippen LogP contribution is -2.42. The summed E-state index contributed by atoms with van der Waals surface area (Å²) in [4.78, 5) is 23.9. The molecule has 6 heteroatoms. The van der Waals surface area contributed by atoms with E-state index in [1.807, 2.05) is 30.3 Å². The maximum atomic E-state index is 11.8. The Morgan fingerprint density at radius 1 is 1.37 bits per heavy atom. The number of amides is 3. The second-order valence-electron chi connectivity index (χ2n) is 4.68. The van der Waals surface area contributed by atoms with Crippen LogP contribution in [-0.2, 0) is 10.4 Å². The van der Waals surface area contributed by atoms with Gasteiger partial charge in [-0.2, -0.15) is 0 Å². The molecule has 6 nitrogen and oxygen atoms in total. The van der Waals surface area contributed by atoms with Crippen molar-refractivity contribution in [1.29, 1.82) is 0 Å². The van der Waals surface area contributed by atoms with E-state index >= 15 is 0 Å². The fraction of sp³-hybridized carbons (Fsp3) is 0.385. The SMILES string of the molecule is NC(=O)NCC(=O)N1CC[C@](O)(c2ccccc2)C1. The van der Waals surface area contributed by atoms with Crippen molar-refractivity contribution in [3.8, 4) is 0 Å². The van der Waals surface area contributed by atoms with E-state index in [2.05, 4.69) is 5.32 Å². The van der Waals surface area contributed by atoms with Crippen LogP contribution in [-0.4, -0.2) is 41.6 Å². The molecule has 0 aliphatic carbocycles. The summed E-state index contributed by atoms with van der Waals surface area (Å²) in [5.41, 5.74) is 4.70. The van der Waals surface area contributed by atoms with Crippen molar-refractivity contribution in [2.24, 2.45) is 5.73 Å². The van der Waals surface area contributed by atoms with Crippen molar-refractivity contribution in [3.05, 3.63) is 35.9 Å². The van der Waals surface area contributed by atoms with E-state index in [1.165, 1.54) is 4.90 Å². The minimum Gasteiger partial charge on any atom is -0.383 e. The lowest BCUT2D eigenvalue weighted by atomic mass is 9.93. The Labute approximate surface area is 111 Å². The zero-order chi connectivity index (χ0) is 13.9. The van der Waals surface area contributed by atoms with Crippen LogP contribution in [0.25, 0.3) is 0 Å². The second-order valence-corrected chi connectivity index (χ2v) is 4.68. The number of β-amino-alcohol motifs (C(OH)–C–C–N with tert-alkyl or cyclic N) is 1. The summed E-state index contributed by atoms with van der Waals surface area (Å²) in [5.74, 6) is -0.245. The van der Waals surface area contributed by atoms with Crippen molar-refractivity contribution in [3.63, 3.8) is 0 Å². The van der Waals surface area contributed by atoms with Crippen molar-refractivity contribution >= 4 is 11.9 Å². The highest BCUT2D eigenvalue weighted by Gasteiger charge is 2.39. The number of likely N-dealkylation sites (tertiary alicyclic amines) is 1. The molecule has 1 heterocycles. The standard InChI is InChI=1S/C13H17N3O3/c14-12(18)15-8-11(17)16-7-6-13(19,9-16)10-4-2-1-3-5-10/h1-5,19H,6-9H2,(H3,14,15,18)/t13-/m1/s1. The molecule has 1 aliphatic heterocycles. The number of aliphatic hydroxyl groups is 1. The van der Waals surface area contributed by atoms with E-state index in [0.29, 0.717) is 13.0 Å². The predicted molar refractivity (Wildman–Crippen MR) is 69.1 cm³/mol. The highest BCUT2D eigenvalue weighted by atomic mass is 16.3. The van der Waals surface area contributed by atoms with E-state index in [0.717, 1.165) is 5.56 Å². The van der Waals surface area contributed by atoms with Gasteiger partial charge in [-0.15, -0.1) is 0 Å². The summed E-state index contributed by atoms with van der Waals surface area (Å²) in [5, 5.41) is 12.8. The molecule has 0 unspecified atom stereocenters. The van der Waals surface area contributed by atoms with Gasteiger partial charge < -0.3 is 21.1 Å². The first kappa shape index (κ1) is 13.4. The first-order chi connectivity index (χ1) is 9.01. The molecular formula is C13H17N3O3. The van der Waals surface area contributed by atoms with Gasteiger partial charge in [0.15, 0.2) is 0 Å². The average molecular weight is 263 g/mol. The summed E-state index contributed by atoms with van der Waals surface area (Å²) in [7, 11) is 0. The van der Waals surface area contributed by atoms with Gasteiger partial charge in [-0.3, -0.25) is 4.79 Å². The van der Waals surface area contributed by atoms with Crippen molar-refractivity contribution in [1.82, 2.24) is 10.2 Å². The van der Waals surface area contributed by atoms with E-state index in [-0.39, 0.29) is 19.0 Å². The third-order valence-electron chi connectivity index (χ3n) is 3.33. The lowest BCUT2D eigenvalue weighted by Gasteiger charge is -2.24. The monoisotopic (exact) mass is 263 g/mol. The summed E-state index contributed by atoms with van der Waals surface area (Å²) in [6.45, 7) is 0.557. The topological polar surface area (TPSA) is 95.7 Å². The van der Waals surface area contributed by atoms with Crippen LogP contribution in [0, 0.1) is 0 Å². The molecule has 1 aromatic rings. The third kappa shape index (κ3) is 3.03. The number of nitrogens with one attached hydrogen (secondary N) is 1. The van der Waals surface area contributed by atoms with Gasteiger partial charge >= 0.3 is 6.03 Å². The number of benzene rings is 1. The summed E-state index contributed by atoms with van der Waals surface area (Å²) in [6, 6.07) is 8.54. The number of hydrogen-bond donors (Lipinski definition) is 3. The van der Waals surface area contributed by atoms with Gasteiger partial charge in [-0.25, -0.2) is 4.79 Å². The quantitative estimate of drug-likeness (QED) is 0.703. The number of nitrogens with two attached hydrogens (primary N) is 1. The van der Waals surface area contributed by atoms with Gasteiger partial charge in [0, 0.05) is 6.54 Å². The molecule has 0 radical (unpaired) electrons. The Morgan fingerprint density at radius 2 is 2.05 bits per heavy atom. The molecule has 1 aromatic carbocycles. The molecule has 1 saturated heterocycles. The molecule has 2 rings (SSSR count). The molecule has 0 spiro atoms. The van der Waals surface area contributed by atoms with Crippen molar-refractivity contribution < 1.29 is 14.7 Å². The maximum absolute atomic E-state index is 11.8. The zero-order valence-electron chi connectivity index (χ0n) is 10.5. The molecule has 1 aliphatic rings. The van der Waals surface area contributed by atoms with Gasteiger partial charge in [-0.1, -0.05) is 30.3 Å². The minimum atomic E-state index is -1.01. The molecule has 102 valence electrons. The minimum absolute atomic E-state index is 0.139. The van der Waals surface area contributed by atoms with Crippen LogP contribution in [0.15, 0.2) is 30.3 Å². The van der Waals surface area contributed by atoms with Crippen LogP contribution in [0.2, 0.25) is 0 Å². The van der Waals surface area contributed by atoms with Gasteiger partial charge in [0.2, 0.25) is 5.91 Å². The van der Waals surface area contributed by atoms with Crippen LogP contribution in [0.3, 0.4) is 0 Å². The molecule has 0 aromatic heterocycles. The highest BCUT2D eigenvalue weighted by Crippen LogP contribution is 2.31. The van der Waals surface area contributed by atoms with E-state index in [1.54, 1.807) is 0 Å². The maximum Gasteiger partial charge on any atom is 0.312 e. The predicted octanol–water partition coefficient (Wildman–Crippen LogP) is -0.225. The van der Waals surface area contributed by atoms with E-state index in [4.69, 9.17) is 5.73 Å². The Morgan fingerprint density at radius 3 is 2.68 bits per heavy atom. The van der Waals surface area contributed by atoms with E-state index in [9.17, 15) is 14.7 Å². The first-order valence-corrected chi connectivity index (χ1v) is 6.10. The number of carbonyl (C=O) groups is 2. The summed E-state index contributed by atoms with van der Waals surface area (Å²) in [6.07, 6.45) is 0.485. The number of nitrogens with zero attached hydrogens (tertiary/aromatic N) is 1. The van der Waals surface area contributed by atoms with Crippen LogP contribution in [0.1, 0.15) is 12.0 Å². The molecule has 0 bridgehead atoms. The fourth-order valence-electron chi connectivity index (χ4n) is 2.27. The Hall–Kier alpha value is -2.08. The Balaban J connectivity index is 1.99. The van der Waals surface area contributed by atoms with Crippen LogP contribution in [0.4, 0.5) is 4.79 Å². The summed E-state index contributed by atoms with van der Waals surface area (Å²) < 4.78 is 0. The van der Waals surface area contributed by atoms with Crippen LogP contribution < -0.4 is 11.1 Å². The number of urea groups is 1. The Bertz CT molecular complexity index is 477. The highest BCUT2D eigenvalue weighted by molar-refractivity contribution is 5.83. The normalized spacial score (nSPS) is 22.3. The molecule has 0 saturated carbocycles. The number of primary amides is 1. The van der Waals surface area contributed by atoms with E-state index < -0.39 is 11.6 Å². The molecule has 1 atom stereocenters. The molecule has 3 amide bonds. The number of hydrogen-bond acceptors (Lipinski definition) is 3. The fourth-order valence-corrected chi connectivity index (χ4v) is 2.27. The Kier molecular flexibility index (Phi) is 3.71. The number of carbonyl (C=O) groups excluding carboxylic acids is 2. The van der Waals surface area contributed by atoms with Gasteiger partial charge in [0.1, 0.15) is 5.60 Å². The smallest absolute Gasteiger partial charge is 0.312 e. The zero-order valence-corrected chi connectivity index (χ0v) is 10.5.